The van der Waals surface area contributed by atoms with Gasteiger partial charge in [0.2, 0.25) is 0 Å². The summed E-state index contributed by atoms with van der Waals surface area (Å²) in [6.07, 6.45) is 0. The van der Waals surface area contributed by atoms with Gasteiger partial charge in [-0.2, -0.15) is 0 Å². The highest BCUT2D eigenvalue weighted by molar-refractivity contribution is 5.47. The molecule has 0 aliphatic carbocycles. The number of benzene rings is 1. The number of nitrogen functional groups attached to an aromatic ring is 1. The molecular weight excluding hydrogens is 168 g/mol. The van der Waals surface area contributed by atoms with E-state index in [1.807, 2.05) is 0 Å². The second kappa shape index (κ2) is 4.69. The van der Waals surface area contributed by atoms with E-state index in [4.69, 9.17) is 21.3 Å². The lowest BCUT2D eigenvalue weighted by Gasteiger charge is -2.09. The number of rotatable bonds is 4. The molecule has 0 fully saturated rings. The van der Waals surface area contributed by atoms with Crippen molar-refractivity contribution in [2.75, 3.05) is 18.9 Å². The minimum absolute atomic E-state index is 0.00557. The Hall–Kier alpha value is -1.26. The van der Waals surface area contributed by atoms with Crippen molar-refractivity contribution < 1.29 is 9.84 Å². The summed E-state index contributed by atoms with van der Waals surface area (Å²) in [7, 11) is 0. The zero-order valence-corrected chi connectivity index (χ0v) is 7.36. The van der Waals surface area contributed by atoms with Crippen LogP contribution < -0.4 is 16.2 Å². The molecule has 0 saturated heterocycles. The Bertz CT molecular complexity index is 276. The van der Waals surface area contributed by atoms with Crippen molar-refractivity contribution in [3.8, 4) is 5.75 Å². The van der Waals surface area contributed by atoms with Gasteiger partial charge < -0.3 is 21.3 Å². The van der Waals surface area contributed by atoms with Gasteiger partial charge in [0.15, 0.2) is 0 Å². The maximum absolute atomic E-state index is 8.56. The molecule has 1 aromatic rings. The SMILES string of the molecule is NCc1cc(N)ccc1OCCO. The number of aliphatic hydroxyl groups is 1. The van der Waals surface area contributed by atoms with Crippen molar-refractivity contribution in [3.63, 3.8) is 0 Å². The summed E-state index contributed by atoms with van der Waals surface area (Å²) in [6, 6.07) is 5.27. The molecule has 0 atom stereocenters. The van der Waals surface area contributed by atoms with Gasteiger partial charge in [-0.25, -0.2) is 0 Å². The molecule has 0 heterocycles. The standard InChI is InChI=1S/C9H14N2O2/c10-6-7-5-8(11)1-2-9(7)13-4-3-12/h1-2,5,12H,3-4,6,10-11H2. The molecule has 1 aromatic carbocycles. The first-order valence-electron chi connectivity index (χ1n) is 4.10. The Morgan fingerprint density at radius 3 is 2.77 bits per heavy atom. The Labute approximate surface area is 77.1 Å². The van der Waals surface area contributed by atoms with Crippen molar-refractivity contribution in [1.82, 2.24) is 0 Å². The first-order chi connectivity index (χ1) is 6.27. The van der Waals surface area contributed by atoms with Crippen LogP contribution in [-0.4, -0.2) is 18.3 Å². The third-order valence-corrected chi connectivity index (χ3v) is 1.65. The molecule has 0 aromatic heterocycles. The van der Waals surface area contributed by atoms with Crippen LogP contribution in [0.25, 0.3) is 0 Å². The number of hydrogen-bond acceptors (Lipinski definition) is 4. The zero-order valence-electron chi connectivity index (χ0n) is 7.36. The number of aliphatic hydroxyl groups excluding tert-OH is 1. The van der Waals surface area contributed by atoms with Crippen LogP contribution in [-0.2, 0) is 6.54 Å². The Morgan fingerprint density at radius 1 is 1.38 bits per heavy atom. The first kappa shape index (κ1) is 9.83. The molecule has 0 bridgehead atoms. The highest BCUT2D eigenvalue weighted by Crippen LogP contribution is 2.20. The lowest BCUT2D eigenvalue weighted by molar-refractivity contribution is 0.200. The molecule has 13 heavy (non-hydrogen) atoms. The second-order valence-corrected chi connectivity index (χ2v) is 2.64. The molecule has 0 saturated carbocycles. The summed E-state index contributed by atoms with van der Waals surface area (Å²) >= 11 is 0. The summed E-state index contributed by atoms with van der Waals surface area (Å²) < 4.78 is 5.25. The van der Waals surface area contributed by atoms with E-state index in [1.54, 1.807) is 18.2 Å². The van der Waals surface area contributed by atoms with Crippen LogP contribution in [0.15, 0.2) is 18.2 Å². The summed E-state index contributed by atoms with van der Waals surface area (Å²) in [5, 5.41) is 8.56. The topological polar surface area (TPSA) is 81.5 Å². The third kappa shape index (κ3) is 2.61. The molecule has 0 spiro atoms. The van der Waals surface area contributed by atoms with Crippen LogP contribution in [0.1, 0.15) is 5.56 Å². The van der Waals surface area contributed by atoms with Gasteiger partial charge in [0.25, 0.3) is 0 Å². The fourth-order valence-corrected chi connectivity index (χ4v) is 1.06. The minimum Gasteiger partial charge on any atom is -0.491 e. The molecule has 0 radical (unpaired) electrons. The van der Waals surface area contributed by atoms with Gasteiger partial charge >= 0.3 is 0 Å². The Morgan fingerprint density at radius 2 is 2.15 bits per heavy atom. The average Bonchev–Trinajstić information content (AvgIpc) is 2.16. The monoisotopic (exact) mass is 182 g/mol. The van der Waals surface area contributed by atoms with Crippen LogP contribution in [0.2, 0.25) is 0 Å². The molecule has 0 aliphatic rings. The Balaban J connectivity index is 2.79. The molecule has 5 N–H and O–H groups in total. The summed E-state index contributed by atoms with van der Waals surface area (Å²) in [4.78, 5) is 0. The average molecular weight is 182 g/mol. The van der Waals surface area contributed by atoms with Crippen LogP contribution in [0.5, 0.6) is 5.75 Å². The molecule has 0 amide bonds. The van der Waals surface area contributed by atoms with E-state index < -0.39 is 0 Å². The molecule has 1 rings (SSSR count). The summed E-state index contributed by atoms with van der Waals surface area (Å²) in [5.74, 6) is 0.686. The second-order valence-electron chi connectivity index (χ2n) is 2.64. The van der Waals surface area contributed by atoms with E-state index in [2.05, 4.69) is 0 Å². The van der Waals surface area contributed by atoms with Crippen molar-refractivity contribution in [2.24, 2.45) is 5.73 Å². The van der Waals surface area contributed by atoms with Crippen molar-refractivity contribution in [3.05, 3.63) is 23.8 Å². The van der Waals surface area contributed by atoms with E-state index in [0.717, 1.165) is 5.56 Å². The lowest BCUT2D eigenvalue weighted by atomic mass is 10.2. The maximum Gasteiger partial charge on any atom is 0.124 e. The third-order valence-electron chi connectivity index (χ3n) is 1.65. The normalized spacial score (nSPS) is 10.0. The van der Waals surface area contributed by atoms with E-state index >= 15 is 0 Å². The van der Waals surface area contributed by atoms with Crippen LogP contribution in [0, 0.1) is 0 Å². The molecular formula is C9H14N2O2. The Kier molecular flexibility index (Phi) is 3.54. The fraction of sp³-hybridized carbons (Fsp3) is 0.333. The van der Waals surface area contributed by atoms with Gasteiger partial charge in [-0.3, -0.25) is 0 Å². The van der Waals surface area contributed by atoms with E-state index in [9.17, 15) is 0 Å². The number of nitrogens with two attached hydrogens (primary N) is 2. The molecule has 4 heteroatoms. The van der Waals surface area contributed by atoms with Gasteiger partial charge in [0, 0.05) is 17.8 Å². The lowest BCUT2D eigenvalue weighted by Crippen LogP contribution is -2.06. The predicted octanol–water partition coefficient (Wildman–Crippen LogP) is 0.0986. The highest BCUT2D eigenvalue weighted by atomic mass is 16.5. The highest BCUT2D eigenvalue weighted by Gasteiger charge is 2.01. The predicted molar refractivity (Wildman–Crippen MR) is 51.3 cm³/mol. The maximum atomic E-state index is 8.56. The van der Waals surface area contributed by atoms with Crippen LogP contribution in [0.4, 0.5) is 5.69 Å². The smallest absolute Gasteiger partial charge is 0.124 e. The van der Waals surface area contributed by atoms with Crippen LogP contribution >= 0.6 is 0 Å². The molecule has 4 nitrogen and oxygen atoms in total. The molecule has 72 valence electrons. The van der Waals surface area contributed by atoms with Crippen molar-refractivity contribution in [2.45, 2.75) is 6.54 Å². The number of anilines is 1. The van der Waals surface area contributed by atoms with Gasteiger partial charge in [-0.15, -0.1) is 0 Å². The van der Waals surface area contributed by atoms with Crippen molar-refractivity contribution in [1.29, 1.82) is 0 Å². The van der Waals surface area contributed by atoms with E-state index in [0.29, 0.717) is 18.0 Å². The van der Waals surface area contributed by atoms with Crippen molar-refractivity contribution >= 4 is 5.69 Å². The molecule has 0 unspecified atom stereocenters. The zero-order chi connectivity index (χ0) is 9.68. The van der Waals surface area contributed by atoms with E-state index in [-0.39, 0.29) is 13.2 Å². The minimum atomic E-state index is -0.00557. The van der Waals surface area contributed by atoms with Gasteiger partial charge in [-0.1, -0.05) is 0 Å². The van der Waals surface area contributed by atoms with Crippen LogP contribution in [0.3, 0.4) is 0 Å². The van der Waals surface area contributed by atoms with E-state index in [1.165, 1.54) is 0 Å². The fourth-order valence-electron chi connectivity index (χ4n) is 1.06. The van der Waals surface area contributed by atoms with Gasteiger partial charge in [0.1, 0.15) is 12.4 Å². The first-order valence-corrected chi connectivity index (χ1v) is 4.10. The molecule has 0 aliphatic heterocycles. The quantitative estimate of drug-likeness (QED) is 0.577. The number of hydrogen-bond donors (Lipinski definition) is 3. The van der Waals surface area contributed by atoms with Gasteiger partial charge in [0.05, 0.1) is 6.61 Å². The van der Waals surface area contributed by atoms with Gasteiger partial charge in [-0.05, 0) is 18.2 Å². The summed E-state index contributed by atoms with van der Waals surface area (Å²) in [6.45, 7) is 0.650. The number of ether oxygens (including phenoxy) is 1. The largest absolute Gasteiger partial charge is 0.491 e. The summed E-state index contributed by atoms with van der Waals surface area (Å²) in [5.41, 5.74) is 12.6.